The number of aliphatic imine (C=N–C) groups is 1. The number of aromatic nitrogens is 1. The van der Waals surface area contributed by atoms with Crippen molar-refractivity contribution in [2.24, 2.45) is 4.99 Å². The van der Waals surface area contributed by atoms with Gasteiger partial charge in [0.1, 0.15) is 11.5 Å². The van der Waals surface area contributed by atoms with Gasteiger partial charge in [0, 0.05) is 26.1 Å². The number of carbonyl (C=O) groups excluding carboxylic acids is 1. The third-order valence-electron chi connectivity index (χ3n) is 4.53. The number of hydrogen-bond donors (Lipinski definition) is 0. The molecule has 0 amide bonds. The van der Waals surface area contributed by atoms with Crippen LogP contribution in [0.25, 0.3) is 11.1 Å². The zero-order valence-electron chi connectivity index (χ0n) is 17.3. The summed E-state index contributed by atoms with van der Waals surface area (Å²) < 4.78 is 22.3. The van der Waals surface area contributed by atoms with Crippen LogP contribution in [0.1, 0.15) is 49.4 Å². The molecule has 0 N–H and O–H groups in total. The molecule has 0 aromatic carbocycles. The minimum absolute atomic E-state index is 0.0303. The topological polar surface area (TPSA) is 86.4 Å². The highest BCUT2D eigenvalue weighted by Gasteiger charge is 2.34. The lowest BCUT2D eigenvalue weighted by Crippen LogP contribution is -2.33. The van der Waals surface area contributed by atoms with Crippen molar-refractivity contribution in [1.29, 1.82) is 0 Å². The van der Waals surface area contributed by atoms with E-state index in [0.717, 1.165) is 16.9 Å². The van der Waals surface area contributed by atoms with Crippen molar-refractivity contribution in [3.8, 4) is 0 Å². The zero-order valence-corrected chi connectivity index (χ0v) is 17.3. The average Bonchev–Trinajstić information content (AvgIpc) is 2.99. The van der Waals surface area contributed by atoms with Gasteiger partial charge in [-0.2, -0.15) is 4.98 Å². The van der Waals surface area contributed by atoms with E-state index in [0.29, 0.717) is 36.4 Å². The second-order valence-electron chi connectivity index (χ2n) is 7.38. The van der Waals surface area contributed by atoms with Crippen molar-refractivity contribution in [2.75, 3.05) is 32.2 Å². The van der Waals surface area contributed by atoms with Gasteiger partial charge in [0.2, 0.25) is 11.5 Å². The highest BCUT2D eigenvalue weighted by atomic mass is 16.5. The van der Waals surface area contributed by atoms with Crippen molar-refractivity contribution < 1.29 is 23.4 Å². The molecule has 2 aromatic heterocycles. The molecular weight excluding hydrogens is 362 g/mol. The molecule has 0 fully saturated rings. The summed E-state index contributed by atoms with van der Waals surface area (Å²) >= 11 is 0. The Bertz CT molecular complexity index is 914. The van der Waals surface area contributed by atoms with Crippen LogP contribution in [0.4, 0.5) is 11.5 Å². The number of nitrogens with zero attached hydrogens (tertiary/aromatic N) is 3. The van der Waals surface area contributed by atoms with Crippen molar-refractivity contribution in [2.45, 2.75) is 46.3 Å². The summed E-state index contributed by atoms with van der Waals surface area (Å²) in [6, 6.07) is 0. The number of furan rings is 1. The van der Waals surface area contributed by atoms with Gasteiger partial charge in [0.15, 0.2) is 6.40 Å². The number of fused-ring (bicyclic) bond motifs is 3. The Labute approximate surface area is 164 Å². The van der Waals surface area contributed by atoms with Gasteiger partial charge in [-0.25, -0.2) is 9.79 Å². The molecule has 0 saturated heterocycles. The molecule has 0 atom stereocenters. The first-order valence-electron chi connectivity index (χ1n) is 9.39. The molecule has 8 heteroatoms. The molecule has 2 aromatic rings. The number of pyridine rings is 1. The lowest BCUT2D eigenvalue weighted by Gasteiger charge is -2.33. The SMILES string of the molecule is CCO/C=N/c1c(C(=O)OCC)oc2nc(N(C)C)c3c(c12)CC(C)(C)OC3. The lowest BCUT2D eigenvalue weighted by molar-refractivity contribution is -0.0395. The Hall–Kier alpha value is -2.61. The molecule has 0 bridgehead atoms. The quantitative estimate of drug-likeness (QED) is 0.424. The summed E-state index contributed by atoms with van der Waals surface area (Å²) in [4.78, 5) is 23.4. The highest BCUT2D eigenvalue weighted by Crippen LogP contribution is 2.43. The third kappa shape index (κ3) is 3.69. The fourth-order valence-corrected chi connectivity index (χ4v) is 3.29. The van der Waals surface area contributed by atoms with E-state index in [-0.39, 0.29) is 18.0 Å². The number of carbonyl (C=O) groups is 1. The van der Waals surface area contributed by atoms with Gasteiger partial charge in [-0.1, -0.05) is 0 Å². The standard InChI is InChI=1S/C20H27N3O5/c1-7-25-11-21-15-14-12-9-20(3,4)27-10-13(12)17(23(5)6)22-18(14)28-16(15)19(24)26-8-2/h11H,7-10H2,1-6H3/b21-11+. The minimum atomic E-state index is -0.573. The van der Waals surface area contributed by atoms with Gasteiger partial charge in [-0.05, 0) is 33.3 Å². The van der Waals surface area contributed by atoms with Crippen molar-refractivity contribution in [3.63, 3.8) is 0 Å². The third-order valence-corrected chi connectivity index (χ3v) is 4.53. The molecule has 152 valence electrons. The molecule has 3 rings (SSSR count). The fraction of sp³-hybridized carbons (Fsp3) is 0.550. The lowest BCUT2D eigenvalue weighted by atomic mass is 9.90. The van der Waals surface area contributed by atoms with Gasteiger partial charge in [-0.3, -0.25) is 0 Å². The van der Waals surface area contributed by atoms with Crippen LogP contribution in [0, 0.1) is 0 Å². The van der Waals surface area contributed by atoms with Crippen LogP contribution < -0.4 is 4.90 Å². The van der Waals surface area contributed by atoms with Crippen LogP contribution in [-0.4, -0.2) is 50.3 Å². The molecule has 28 heavy (non-hydrogen) atoms. The predicted octanol–water partition coefficient (Wildman–Crippen LogP) is 3.62. The molecule has 0 unspecified atom stereocenters. The normalized spacial score (nSPS) is 15.6. The number of ether oxygens (including phenoxy) is 3. The largest absolute Gasteiger partial charge is 0.483 e. The first-order chi connectivity index (χ1) is 13.3. The number of anilines is 1. The highest BCUT2D eigenvalue weighted by molar-refractivity contribution is 6.05. The molecule has 1 aliphatic rings. The summed E-state index contributed by atoms with van der Waals surface area (Å²) in [5.74, 6) is 0.209. The molecular formula is C20H27N3O5. The first-order valence-corrected chi connectivity index (χ1v) is 9.39. The summed E-state index contributed by atoms with van der Waals surface area (Å²) in [5, 5.41) is 0.705. The monoisotopic (exact) mass is 389 g/mol. The van der Waals surface area contributed by atoms with Crippen LogP contribution in [0.3, 0.4) is 0 Å². The van der Waals surface area contributed by atoms with Crippen LogP contribution in [0.15, 0.2) is 9.41 Å². The van der Waals surface area contributed by atoms with E-state index in [1.165, 1.54) is 6.40 Å². The van der Waals surface area contributed by atoms with E-state index in [9.17, 15) is 4.79 Å². The van der Waals surface area contributed by atoms with Crippen LogP contribution in [0.2, 0.25) is 0 Å². The van der Waals surface area contributed by atoms with E-state index in [4.69, 9.17) is 18.6 Å². The van der Waals surface area contributed by atoms with Crippen LogP contribution >= 0.6 is 0 Å². The summed E-state index contributed by atoms with van der Waals surface area (Å²) in [6.07, 6.45) is 1.96. The van der Waals surface area contributed by atoms with E-state index < -0.39 is 5.97 Å². The van der Waals surface area contributed by atoms with Gasteiger partial charge in [0.25, 0.3) is 0 Å². The summed E-state index contributed by atoms with van der Waals surface area (Å²) in [7, 11) is 3.83. The molecule has 0 saturated carbocycles. The fourth-order valence-electron chi connectivity index (χ4n) is 3.29. The van der Waals surface area contributed by atoms with Crippen molar-refractivity contribution in [1.82, 2.24) is 4.98 Å². The van der Waals surface area contributed by atoms with E-state index in [1.807, 2.05) is 39.8 Å². The van der Waals surface area contributed by atoms with E-state index in [2.05, 4.69) is 9.98 Å². The Morgan fingerprint density at radius 2 is 2.04 bits per heavy atom. The van der Waals surface area contributed by atoms with Gasteiger partial charge < -0.3 is 23.5 Å². The number of esters is 1. The minimum Gasteiger partial charge on any atom is -0.483 e. The van der Waals surface area contributed by atoms with Crippen LogP contribution in [-0.2, 0) is 27.2 Å². The maximum absolute atomic E-state index is 12.5. The van der Waals surface area contributed by atoms with E-state index in [1.54, 1.807) is 6.92 Å². The maximum Gasteiger partial charge on any atom is 0.376 e. The first kappa shape index (κ1) is 20.1. The average molecular weight is 389 g/mol. The van der Waals surface area contributed by atoms with Crippen molar-refractivity contribution >= 4 is 35.0 Å². The Morgan fingerprint density at radius 1 is 1.29 bits per heavy atom. The Balaban J connectivity index is 2.32. The second kappa shape index (κ2) is 7.79. The molecule has 1 aliphatic heterocycles. The number of rotatable bonds is 6. The number of hydrogen-bond acceptors (Lipinski definition) is 8. The molecule has 3 heterocycles. The van der Waals surface area contributed by atoms with Gasteiger partial charge >= 0.3 is 5.97 Å². The van der Waals surface area contributed by atoms with E-state index >= 15 is 0 Å². The summed E-state index contributed by atoms with van der Waals surface area (Å²) in [6.45, 7) is 8.80. The smallest absolute Gasteiger partial charge is 0.376 e. The van der Waals surface area contributed by atoms with Crippen LogP contribution in [0.5, 0.6) is 0 Å². The molecule has 0 spiro atoms. The molecule has 8 nitrogen and oxygen atoms in total. The van der Waals surface area contributed by atoms with Gasteiger partial charge in [-0.15, -0.1) is 0 Å². The zero-order chi connectivity index (χ0) is 20.5. The Morgan fingerprint density at radius 3 is 2.68 bits per heavy atom. The predicted molar refractivity (Wildman–Crippen MR) is 107 cm³/mol. The molecule has 0 radical (unpaired) electrons. The molecule has 0 aliphatic carbocycles. The second-order valence-corrected chi connectivity index (χ2v) is 7.38. The van der Waals surface area contributed by atoms with Crippen molar-refractivity contribution in [3.05, 3.63) is 16.9 Å². The van der Waals surface area contributed by atoms with Gasteiger partial charge in [0.05, 0.1) is 30.8 Å². The maximum atomic E-state index is 12.5. The summed E-state index contributed by atoms with van der Waals surface area (Å²) in [5.41, 5.74) is 2.38. The Kier molecular flexibility index (Phi) is 5.60.